The van der Waals surface area contributed by atoms with Gasteiger partial charge in [-0.25, -0.2) is 0 Å². The van der Waals surface area contributed by atoms with E-state index < -0.39 is 36.4 Å². The zero-order valence-corrected chi connectivity index (χ0v) is 19.8. The van der Waals surface area contributed by atoms with Gasteiger partial charge in [-0.05, 0) is 30.9 Å². The van der Waals surface area contributed by atoms with E-state index in [0.29, 0.717) is 24.7 Å². The van der Waals surface area contributed by atoms with Gasteiger partial charge in [0.05, 0.1) is 23.8 Å². The second-order valence-corrected chi connectivity index (χ2v) is 10.8. The first-order chi connectivity index (χ1) is 13.6. The number of aldehydes is 1. The molecule has 1 aromatic rings. The summed E-state index contributed by atoms with van der Waals surface area (Å²) in [7, 11) is 0. The number of carbonyl (C=O) groups excluding carboxylic acids is 2. The molecule has 0 bridgehead atoms. The molecule has 6 N–H and O–H groups in total. The minimum absolute atomic E-state index is 0.00470. The van der Waals surface area contributed by atoms with E-state index >= 15 is 0 Å². The van der Waals surface area contributed by atoms with Gasteiger partial charge in [0.2, 0.25) is 0 Å². The summed E-state index contributed by atoms with van der Waals surface area (Å²) in [5, 5.41) is 53.4. The lowest BCUT2D eigenvalue weighted by molar-refractivity contribution is -0.142. The molecule has 1 aliphatic heterocycles. The lowest BCUT2D eigenvalue weighted by Gasteiger charge is -2.28. The lowest BCUT2D eigenvalue weighted by atomic mass is 9.94. The van der Waals surface area contributed by atoms with Crippen LogP contribution in [0.3, 0.4) is 0 Å². The van der Waals surface area contributed by atoms with Crippen LogP contribution >= 0.6 is 45.2 Å². The molecule has 1 amide bonds. The van der Waals surface area contributed by atoms with Crippen molar-refractivity contribution in [1.82, 2.24) is 5.32 Å². The van der Waals surface area contributed by atoms with E-state index in [4.69, 9.17) is 0 Å². The smallest absolute Gasteiger partial charge is 0.251 e. The van der Waals surface area contributed by atoms with E-state index in [1.807, 2.05) is 0 Å². The molecule has 1 heterocycles. The molecule has 29 heavy (non-hydrogen) atoms. The zero-order valence-electron chi connectivity index (χ0n) is 15.5. The van der Waals surface area contributed by atoms with E-state index in [-0.39, 0.29) is 32.0 Å². The summed E-state index contributed by atoms with van der Waals surface area (Å²) in [6, 6.07) is 3.78. The van der Waals surface area contributed by atoms with Crippen molar-refractivity contribution in [3.8, 4) is 5.75 Å². The third-order valence-corrected chi connectivity index (χ3v) is 7.05. The fourth-order valence-electron chi connectivity index (χ4n) is 3.37. The maximum Gasteiger partial charge on any atom is 0.251 e. The van der Waals surface area contributed by atoms with Gasteiger partial charge in [0, 0.05) is 14.3 Å². The number of alkyl halides is 2. The summed E-state index contributed by atoms with van der Waals surface area (Å²) < 4.78 is 0.0498. The first-order valence-electron chi connectivity index (χ1n) is 9.20. The lowest BCUT2D eigenvalue weighted by Crippen LogP contribution is -2.53. The molecule has 162 valence electrons. The van der Waals surface area contributed by atoms with Crippen molar-refractivity contribution in [3.05, 3.63) is 29.3 Å². The van der Waals surface area contributed by atoms with Crippen LogP contribution in [-0.2, 0) is 11.2 Å². The maximum atomic E-state index is 12.4. The topological polar surface area (TPSA) is 147 Å². The van der Waals surface area contributed by atoms with Crippen LogP contribution in [0.25, 0.3) is 0 Å². The van der Waals surface area contributed by atoms with Crippen LogP contribution in [0, 0.1) is 0 Å². The van der Waals surface area contributed by atoms with Crippen LogP contribution in [0.4, 0.5) is 0 Å². The molecule has 0 saturated carbocycles. The number of rotatable bonds is 4. The van der Waals surface area contributed by atoms with Crippen LogP contribution in [0.2, 0.25) is 0 Å². The van der Waals surface area contributed by atoms with Gasteiger partial charge in [-0.2, -0.15) is 0 Å². The predicted octanol–water partition coefficient (Wildman–Crippen LogP) is 0.467. The molecule has 0 aliphatic carbocycles. The highest BCUT2D eigenvalue weighted by Gasteiger charge is 2.36. The van der Waals surface area contributed by atoms with Gasteiger partial charge in [0.25, 0.3) is 5.91 Å². The van der Waals surface area contributed by atoms with Gasteiger partial charge >= 0.3 is 0 Å². The van der Waals surface area contributed by atoms with Crippen LogP contribution in [0.1, 0.15) is 35.2 Å². The number of aromatic hydroxyl groups is 1. The number of halogens is 2. The molecule has 7 atom stereocenters. The fraction of sp³-hybridized carbons (Fsp3) is 0.579. The summed E-state index contributed by atoms with van der Waals surface area (Å²) >= 11 is 4.37. The minimum atomic E-state index is -1.83. The Balaban J connectivity index is 2.25. The second kappa shape index (κ2) is 11.2. The van der Waals surface area contributed by atoms with E-state index in [0.717, 1.165) is 0 Å². The molecule has 1 aromatic carbocycles. The van der Waals surface area contributed by atoms with Gasteiger partial charge in [0.15, 0.2) is 12.4 Å². The number of hydrogen-bond donors (Lipinski definition) is 6. The van der Waals surface area contributed by atoms with Gasteiger partial charge in [-0.15, -0.1) is 0 Å². The Bertz CT molecular complexity index is 720. The average Bonchev–Trinajstić information content (AvgIpc) is 2.66. The fourth-order valence-corrected chi connectivity index (χ4v) is 6.64. The highest BCUT2D eigenvalue weighted by molar-refractivity contribution is 14.1. The van der Waals surface area contributed by atoms with E-state index in [1.54, 1.807) is 12.1 Å². The molecule has 0 spiro atoms. The van der Waals surface area contributed by atoms with Crippen molar-refractivity contribution in [3.63, 3.8) is 0 Å². The summed E-state index contributed by atoms with van der Waals surface area (Å²) in [6.07, 6.45) is -4.01. The van der Waals surface area contributed by atoms with Gasteiger partial charge in [-0.1, -0.05) is 57.3 Å². The first-order valence-corrected chi connectivity index (χ1v) is 11.7. The molecule has 1 aliphatic rings. The maximum absolute atomic E-state index is 12.4. The number of amides is 1. The van der Waals surface area contributed by atoms with Crippen LogP contribution < -0.4 is 5.32 Å². The molecule has 1 fully saturated rings. The third kappa shape index (κ3) is 6.72. The minimum Gasteiger partial charge on any atom is -0.507 e. The normalized spacial score (nSPS) is 32.7. The van der Waals surface area contributed by atoms with Crippen LogP contribution in [-0.4, -0.2) is 76.0 Å². The molecule has 10 heteroatoms. The number of phenols is 1. The summed E-state index contributed by atoms with van der Waals surface area (Å²) in [5.74, 6) is -1.08. The van der Waals surface area contributed by atoms with Gasteiger partial charge in [0.1, 0.15) is 11.9 Å². The van der Waals surface area contributed by atoms with Crippen molar-refractivity contribution in [1.29, 1.82) is 0 Å². The van der Waals surface area contributed by atoms with Crippen LogP contribution in [0.5, 0.6) is 5.75 Å². The van der Waals surface area contributed by atoms with E-state index in [1.165, 1.54) is 6.07 Å². The summed E-state index contributed by atoms with van der Waals surface area (Å²) in [6.45, 7) is 0. The number of phenolic OH excluding ortho intramolecular Hbond substituents is 1. The molecule has 8 nitrogen and oxygen atoms in total. The number of carbonyl (C=O) groups is 2. The molecule has 0 aromatic heterocycles. The Labute approximate surface area is 196 Å². The van der Waals surface area contributed by atoms with Crippen molar-refractivity contribution < 1.29 is 35.1 Å². The molecule has 0 radical (unpaired) electrons. The average molecular weight is 633 g/mol. The SMILES string of the molecule is O=Cc1c(O)cccc1CC(O)C1CC(I)CC(I)CC(O)C(O)C(O)C(=O)N1. The van der Waals surface area contributed by atoms with Crippen molar-refractivity contribution in [2.24, 2.45) is 0 Å². The quantitative estimate of drug-likeness (QED) is 0.161. The van der Waals surface area contributed by atoms with Crippen molar-refractivity contribution >= 4 is 57.4 Å². The Morgan fingerprint density at radius 1 is 1.14 bits per heavy atom. The largest absolute Gasteiger partial charge is 0.507 e. The summed E-state index contributed by atoms with van der Waals surface area (Å²) in [5.41, 5.74) is 0.510. The predicted molar refractivity (Wildman–Crippen MR) is 123 cm³/mol. The van der Waals surface area contributed by atoms with E-state index in [9.17, 15) is 35.1 Å². The van der Waals surface area contributed by atoms with Crippen molar-refractivity contribution in [2.75, 3.05) is 0 Å². The molecule has 7 unspecified atom stereocenters. The Hall–Kier alpha value is -0.540. The number of benzene rings is 1. The monoisotopic (exact) mass is 633 g/mol. The highest BCUT2D eigenvalue weighted by atomic mass is 127. The van der Waals surface area contributed by atoms with E-state index in [2.05, 4.69) is 50.5 Å². The van der Waals surface area contributed by atoms with Gasteiger partial charge < -0.3 is 30.8 Å². The second-order valence-electron chi connectivity index (χ2n) is 7.26. The summed E-state index contributed by atoms with van der Waals surface area (Å²) in [4.78, 5) is 23.7. The Kier molecular flexibility index (Phi) is 9.54. The number of hydrogen-bond acceptors (Lipinski definition) is 7. The Morgan fingerprint density at radius 3 is 2.45 bits per heavy atom. The molecule has 1 saturated heterocycles. The highest BCUT2D eigenvalue weighted by Crippen LogP contribution is 2.27. The first kappa shape index (κ1) is 24.7. The molecule has 2 rings (SSSR count). The third-order valence-electron chi connectivity index (χ3n) is 5.02. The van der Waals surface area contributed by atoms with Gasteiger partial charge in [-0.3, -0.25) is 9.59 Å². The zero-order chi connectivity index (χ0) is 21.7. The Morgan fingerprint density at radius 2 is 1.79 bits per heavy atom. The number of aliphatic hydroxyl groups excluding tert-OH is 4. The number of aliphatic hydroxyl groups is 4. The molecular formula is C19H25I2NO7. The van der Waals surface area contributed by atoms with Crippen molar-refractivity contribution in [2.45, 2.75) is 64.0 Å². The standard InChI is InChI=1S/C19H25I2NO7/c20-10-5-11(21)7-16(26)17(27)18(28)19(29)22-13(6-10)15(25)4-9-2-1-3-14(24)12(9)8-23/h1-3,8,10-11,13,15-18,24-28H,4-7H2,(H,22,29). The molecular weight excluding hydrogens is 608 g/mol. The number of nitrogens with one attached hydrogen (secondary N) is 1. The van der Waals surface area contributed by atoms with Crippen LogP contribution in [0.15, 0.2) is 18.2 Å².